The van der Waals surface area contributed by atoms with Crippen molar-refractivity contribution in [3.8, 4) is 0 Å². The van der Waals surface area contributed by atoms with Gasteiger partial charge in [-0.2, -0.15) is 0 Å². The maximum atomic E-state index is 4.27. The van der Waals surface area contributed by atoms with E-state index in [-0.39, 0.29) is 0 Å². The third-order valence-corrected chi connectivity index (χ3v) is 3.86. The Balaban J connectivity index is 1.84. The van der Waals surface area contributed by atoms with Gasteiger partial charge in [0.2, 0.25) is 0 Å². The molecule has 0 amide bonds. The Hall–Kier alpha value is -1.00. The number of aromatic nitrogens is 2. The van der Waals surface area contributed by atoms with E-state index in [1.807, 2.05) is 6.20 Å². The van der Waals surface area contributed by atoms with Gasteiger partial charge in [-0.3, -0.25) is 9.97 Å². The first-order valence-electron chi connectivity index (χ1n) is 6.36. The zero-order valence-corrected chi connectivity index (χ0v) is 10.8. The van der Waals surface area contributed by atoms with Crippen molar-refractivity contribution >= 4 is 0 Å². The summed E-state index contributed by atoms with van der Waals surface area (Å²) in [6.07, 6.45) is 10.6. The first kappa shape index (κ1) is 12.5. The molecule has 17 heavy (non-hydrogen) atoms. The van der Waals surface area contributed by atoms with Crippen LogP contribution >= 0.6 is 0 Å². The second-order valence-electron chi connectivity index (χ2n) is 5.13. The van der Waals surface area contributed by atoms with Crippen LogP contribution in [-0.2, 0) is 6.54 Å². The van der Waals surface area contributed by atoms with Gasteiger partial charge in [0.15, 0.2) is 0 Å². The lowest BCUT2D eigenvalue weighted by molar-refractivity contribution is 0.153. The summed E-state index contributed by atoms with van der Waals surface area (Å²) in [5.41, 5.74) is 1.36. The number of likely N-dealkylation sites (N-methyl/N-ethyl adjacent to an activating group) is 1. The summed E-state index contributed by atoms with van der Waals surface area (Å²) < 4.78 is 0. The summed E-state index contributed by atoms with van der Waals surface area (Å²) in [5, 5.41) is 3.52. The monoisotopic (exact) mass is 234 g/mol. The van der Waals surface area contributed by atoms with E-state index in [4.69, 9.17) is 0 Å². The summed E-state index contributed by atoms with van der Waals surface area (Å²) in [7, 11) is 4.38. The molecule has 2 rings (SSSR count). The molecule has 0 spiro atoms. The highest BCUT2D eigenvalue weighted by molar-refractivity contribution is 4.97. The number of hydrogen-bond donors (Lipinski definition) is 1. The van der Waals surface area contributed by atoms with Crippen LogP contribution in [0.3, 0.4) is 0 Å². The van der Waals surface area contributed by atoms with Crippen LogP contribution in [0.4, 0.5) is 0 Å². The van der Waals surface area contributed by atoms with Crippen LogP contribution in [0.2, 0.25) is 0 Å². The highest BCUT2D eigenvalue weighted by atomic mass is 15.2. The molecule has 1 aromatic rings. The topological polar surface area (TPSA) is 41.0 Å². The van der Waals surface area contributed by atoms with Crippen LogP contribution in [0.1, 0.15) is 31.4 Å². The zero-order valence-electron chi connectivity index (χ0n) is 10.8. The summed E-state index contributed by atoms with van der Waals surface area (Å²) in [4.78, 5) is 10.7. The van der Waals surface area contributed by atoms with E-state index in [2.05, 4.69) is 34.3 Å². The molecule has 1 saturated carbocycles. The standard InChI is InChI=1S/C13H22N4/c1-17(2)13(5-3-4-6-13)11-15-10-12-9-14-7-8-16-12/h7-9,15H,3-6,10-11H2,1-2H3. The molecular weight excluding hydrogens is 212 g/mol. The van der Waals surface area contributed by atoms with Crippen molar-refractivity contribution in [2.45, 2.75) is 37.8 Å². The molecule has 1 aliphatic rings. The third kappa shape index (κ3) is 3.01. The minimum atomic E-state index is 0.349. The predicted molar refractivity (Wildman–Crippen MR) is 68.6 cm³/mol. The van der Waals surface area contributed by atoms with Gasteiger partial charge in [0, 0.05) is 37.2 Å². The van der Waals surface area contributed by atoms with Crippen molar-refractivity contribution in [3.05, 3.63) is 24.3 Å². The molecule has 94 valence electrons. The van der Waals surface area contributed by atoms with Crippen LogP contribution in [0, 0.1) is 0 Å². The SMILES string of the molecule is CN(C)C1(CNCc2cnccn2)CCCC1. The number of nitrogens with one attached hydrogen (secondary N) is 1. The van der Waals surface area contributed by atoms with Crippen LogP contribution in [0.25, 0.3) is 0 Å². The van der Waals surface area contributed by atoms with Crippen LogP contribution in [-0.4, -0.2) is 41.0 Å². The quantitative estimate of drug-likeness (QED) is 0.837. The molecule has 1 aliphatic carbocycles. The largest absolute Gasteiger partial charge is 0.309 e. The minimum absolute atomic E-state index is 0.349. The van der Waals surface area contributed by atoms with E-state index < -0.39 is 0 Å². The predicted octanol–water partition coefficient (Wildman–Crippen LogP) is 1.44. The fraction of sp³-hybridized carbons (Fsp3) is 0.692. The Morgan fingerprint density at radius 1 is 1.29 bits per heavy atom. The van der Waals surface area contributed by atoms with Crippen LogP contribution < -0.4 is 5.32 Å². The van der Waals surface area contributed by atoms with Gasteiger partial charge in [0.05, 0.1) is 5.69 Å². The van der Waals surface area contributed by atoms with Gasteiger partial charge in [-0.25, -0.2) is 0 Å². The van der Waals surface area contributed by atoms with Crippen molar-refractivity contribution in [1.82, 2.24) is 20.2 Å². The Morgan fingerprint density at radius 3 is 2.65 bits per heavy atom. The third-order valence-electron chi connectivity index (χ3n) is 3.86. The number of hydrogen-bond acceptors (Lipinski definition) is 4. The molecule has 0 aliphatic heterocycles. The lowest BCUT2D eigenvalue weighted by atomic mass is 9.96. The molecule has 1 heterocycles. The summed E-state index contributed by atoms with van der Waals surface area (Å²) >= 11 is 0. The van der Waals surface area contributed by atoms with E-state index in [0.717, 1.165) is 18.8 Å². The van der Waals surface area contributed by atoms with Gasteiger partial charge in [0.25, 0.3) is 0 Å². The van der Waals surface area contributed by atoms with Gasteiger partial charge in [-0.15, -0.1) is 0 Å². The average molecular weight is 234 g/mol. The average Bonchev–Trinajstić information content (AvgIpc) is 2.80. The second kappa shape index (κ2) is 5.56. The molecule has 0 aromatic carbocycles. The van der Waals surface area contributed by atoms with Gasteiger partial charge in [-0.05, 0) is 26.9 Å². The molecule has 4 heteroatoms. The molecule has 0 unspecified atom stereocenters. The molecule has 4 nitrogen and oxygen atoms in total. The maximum absolute atomic E-state index is 4.27. The first-order chi connectivity index (χ1) is 8.23. The van der Waals surface area contributed by atoms with E-state index in [1.165, 1.54) is 25.7 Å². The van der Waals surface area contributed by atoms with Crippen LogP contribution in [0.5, 0.6) is 0 Å². The van der Waals surface area contributed by atoms with E-state index in [1.54, 1.807) is 12.4 Å². The summed E-state index contributed by atoms with van der Waals surface area (Å²) in [6.45, 7) is 1.85. The fourth-order valence-electron chi connectivity index (χ4n) is 2.66. The van der Waals surface area contributed by atoms with Crippen molar-refractivity contribution in [1.29, 1.82) is 0 Å². The zero-order chi connectivity index (χ0) is 12.1. The highest BCUT2D eigenvalue weighted by Gasteiger charge is 2.35. The van der Waals surface area contributed by atoms with Crippen molar-refractivity contribution in [2.75, 3.05) is 20.6 Å². The molecule has 0 bridgehead atoms. The van der Waals surface area contributed by atoms with E-state index >= 15 is 0 Å². The van der Waals surface area contributed by atoms with Gasteiger partial charge in [-0.1, -0.05) is 12.8 Å². The Kier molecular flexibility index (Phi) is 4.07. The second-order valence-corrected chi connectivity index (χ2v) is 5.13. The Bertz CT molecular complexity index is 331. The molecular formula is C13H22N4. The van der Waals surface area contributed by atoms with Gasteiger partial charge < -0.3 is 10.2 Å². The Labute approximate surface area is 103 Å². The van der Waals surface area contributed by atoms with Crippen molar-refractivity contribution in [3.63, 3.8) is 0 Å². The maximum Gasteiger partial charge on any atom is 0.0724 e. The number of nitrogens with zero attached hydrogens (tertiary/aromatic N) is 3. The fourth-order valence-corrected chi connectivity index (χ4v) is 2.66. The molecule has 1 fully saturated rings. The van der Waals surface area contributed by atoms with E-state index in [9.17, 15) is 0 Å². The molecule has 0 radical (unpaired) electrons. The highest BCUT2D eigenvalue weighted by Crippen LogP contribution is 2.33. The summed E-state index contributed by atoms with van der Waals surface area (Å²) in [5.74, 6) is 0. The minimum Gasteiger partial charge on any atom is -0.309 e. The molecule has 1 aromatic heterocycles. The Morgan fingerprint density at radius 2 is 2.06 bits per heavy atom. The van der Waals surface area contributed by atoms with Gasteiger partial charge >= 0.3 is 0 Å². The van der Waals surface area contributed by atoms with Crippen molar-refractivity contribution < 1.29 is 0 Å². The normalized spacial score (nSPS) is 18.8. The van der Waals surface area contributed by atoms with E-state index in [0.29, 0.717) is 5.54 Å². The number of rotatable bonds is 5. The molecule has 0 atom stereocenters. The molecule has 0 saturated heterocycles. The van der Waals surface area contributed by atoms with Gasteiger partial charge in [0.1, 0.15) is 0 Å². The molecule has 1 N–H and O–H groups in total. The lowest BCUT2D eigenvalue weighted by Crippen LogP contribution is -2.49. The first-order valence-corrected chi connectivity index (χ1v) is 6.36. The summed E-state index contributed by atoms with van der Waals surface area (Å²) in [6, 6.07) is 0. The van der Waals surface area contributed by atoms with Crippen molar-refractivity contribution in [2.24, 2.45) is 0 Å². The van der Waals surface area contributed by atoms with Crippen LogP contribution in [0.15, 0.2) is 18.6 Å². The smallest absolute Gasteiger partial charge is 0.0724 e. The lowest BCUT2D eigenvalue weighted by Gasteiger charge is -2.36.